The van der Waals surface area contributed by atoms with E-state index in [0.29, 0.717) is 10.6 Å². The molecule has 0 atom stereocenters. The van der Waals surface area contributed by atoms with Gasteiger partial charge in [0, 0.05) is 5.02 Å². The van der Waals surface area contributed by atoms with Crippen LogP contribution in [0.1, 0.15) is 11.1 Å². The van der Waals surface area contributed by atoms with E-state index >= 15 is 0 Å². The van der Waals surface area contributed by atoms with Crippen molar-refractivity contribution in [2.45, 2.75) is 6.92 Å². The molecule has 16 heavy (non-hydrogen) atoms. The van der Waals surface area contributed by atoms with Gasteiger partial charge in [-0.15, -0.1) is 0 Å². The van der Waals surface area contributed by atoms with E-state index in [-0.39, 0.29) is 0 Å². The van der Waals surface area contributed by atoms with Crippen molar-refractivity contribution in [1.82, 2.24) is 0 Å². The lowest BCUT2D eigenvalue weighted by Crippen LogP contribution is -1.89. The van der Waals surface area contributed by atoms with Gasteiger partial charge in [-0.25, -0.2) is 0 Å². The van der Waals surface area contributed by atoms with Gasteiger partial charge in [-0.05, 0) is 29.7 Å². The summed E-state index contributed by atoms with van der Waals surface area (Å²) in [5.74, 6) is 0. The number of hydrogen-bond acceptors (Lipinski definition) is 1. The zero-order valence-corrected chi connectivity index (χ0v) is 9.62. The van der Waals surface area contributed by atoms with Crippen LogP contribution in [0.4, 0.5) is 0 Å². The van der Waals surface area contributed by atoms with Crippen molar-refractivity contribution in [1.29, 1.82) is 5.26 Å². The van der Waals surface area contributed by atoms with Crippen LogP contribution in [0.15, 0.2) is 42.5 Å². The summed E-state index contributed by atoms with van der Waals surface area (Å²) in [5.41, 5.74) is 3.47. The summed E-state index contributed by atoms with van der Waals surface area (Å²) in [5, 5.41) is 9.81. The summed E-state index contributed by atoms with van der Waals surface area (Å²) in [4.78, 5) is 0. The zero-order valence-electron chi connectivity index (χ0n) is 8.87. The second-order valence-electron chi connectivity index (χ2n) is 3.57. The fraction of sp³-hybridized carbons (Fsp3) is 0.0714. The van der Waals surface area contributed by atoms with Gasteiger partial charge in [-0.1, -0.05) is 48.0 Å². The Morgan fingerprint density at radius 1 is 1.06 bits per heavy atom. The van der Waals surface area contributed by atoms with Gasteiger partial charge < -0.3 is 0 Å². The molecule has 1 nitrogen and oxygen atoms in total. The third-order valence-corrected chi connectivity index (χ3v) is 3.00. The van der Waals surface area contributed by atoms with Crippen LogP contribution in [0.5, 0.6) is 0 Å². The van der Waals surface area contributed by atoms with E-state index in [4.69, 9.17) is 11.6 Å². The van der Waals surface area contributed by atoms with Gasteiger partial charge in [-0.3, -0.25) is 0 Å². The van der Waals surface area contributed by atoms with Crippen LogP contribution < -0.4 is 0 Å². The standard InChI is InChI=1S/C14H10ClN/c1-10-13(9-16)12(7-8-14(10)15)11-5-3-2-4-6-11/h2-8H,1H3. The smallest absolute Gasteiger partial charge is 0.100 e. The number of benzene rings is 2. The molecule has 0 aromatic heterocycles. The molecule has 0 unspecified atom stereocenters. The minimum atomic E-state index is 0.635. The van der Waals surface area contributed by atoms with Gasteiger partial charge in [-0.2, -0.15) is 5.26 Å². The fourth-order valence-corrected chi connectivity index (χ4v) is 1.85. The van der Waals surface area contributed by atoms with Crippen molar-refractivity contribution in [3.8, 4) is 17.2 Å². The first-order valence-corrected chi connectivity index (χ1v) is 5.36. The zero-order chi connectivity index (χ0) is 11.5. The summed E-state index contributed by atoms with van der Waals surface area (Å²) >= 11 is 6.00. The molecule has 0 saturated carbocycles. The molecule has 78 valence electrons. The Hall–Kier alpha value is -1.78. The number of hydrogen-bond donors (Lipinski definition) is 0. The molecule has 0 fully saturated rings. The Balaban J connectivity index is 2.68. The lowest BCUT2D eigenvalue weighted by Gasteiger charge is -2.08. The maximum absolute atomic E-state index is 9.18. The van der Waals surface area contributed by atoms with Crippen LogP contribution in [0, 0.1) is 18.3 Å². The highest BCUT2D eigenvalue weighted by Crippen LogP contribution is 2.29. The third kappa shape index (κ3) is 1.80. The molecule has 0 aliphatic rings. The highest BCUT2D eigenvalue weighted by Gasteiger charge is 2.09. The number of nitriles is 1. The maximum Gasteiger partial charge on any atom is 0.100 e. The predicted molar refractivity (Wildman–Crippen MR) is 66.3 cm³/mol. The topological polar surface area (TPSA) is 23.8 Å². The van der Waals surface area contributed by atoms with E-state index in [1.165, 1.54) is 0 Å². The molecule has 0 aliphatic heterocycles. The molecule has 2 heteroatoms. The molecule has 0 spiro atoms. The summed E-state index contributed by atoms with van der Waals surface area (Å²) in [6.07, 6.45) is 0. The van der Waals surface area contributed by atoms with Crippen molar-refractivity contribution in [2.24, 2.45) is 0 Å². The first-order valence-electron chi connectivity index (χ1n) is 4.98. The van der Waals surface area contributed by atoms with Gasteiger partial charge in [0.25, 0.3) is 0 Å². The Morgan fingerprint density at radius 2 is 1.75 bits per heavy atom. The Bertz CT molecular complexity index is 553. The summed E-state index contributed by atoms with van der Waals surface area (Å²) < 4.78 is 0. The van der Waals surface area contributed by atoms with E-state index in [1.54, 1.807) is 0 Å². The monoisotopic (exact) mass is 227 g/mol. The average molecular weight is 228 g/mol. The quantitative estimate of drug-likeness (QED) is 0.717. The van der Waals surface area contributed by atoms with Gasteiger partial charge in [0.1, 0.15) is 6.07 Å². The largest absolute Gasteiger partial charge is 0.192 e. The van der Waals surface area contributed by atoms with Gasteiger partial charge >= 0.3 is 0 Å². The molecule has 0 amide bonds. The van der Waals surface area contributed by atoms with Crippen LogP contribution in [-0.4, -0.2) is 0 Å². The molecule has 2 rings (SSSR count). The number of nitrogens with zero attached hydrogens (tertiary/aromatic N) is 1. The summed E-state index contributed by atoms with van der Waals surface area (Å²) in [7, 11) is 0. The van der Waals surface area contributed by atoms with Gasteiger partial charge in [0.2, 0.25) is 0 Å². The minimum absolute atomic E-state index is 0.635. The molecule has 0 bridgehead atoms. The van der Waals surface area contributed by atoms with Crippen molar-refractivity contribution in [2.75, 3.05) is 0 Å². The van der Waals surface area contributed by atoms with Crippen molar-refractivity contribution in [3.05, 3.63) is 58.6 Å². The fourth-order valence-electron chi connectivity index (χ4n) is 1.69. The summed E-state index contributed by atoms with van der Waals surface area (Å²) in [6, 6.07) is 15.8. The first kappa shape index (κ1) is 10.7. The lowest BCUT2D eigenvalue weighted by atomic mass is 9.97. The highest BCUT2D eigenvalue weighted by molar-refractivity contribution is 6.31. The molecular formula is C14H10ClN. The summed E-state index contributed by atoms with van der Waals surface area (Å²) in [6.45, 7) is 1.87. The Kier molecular flexibility index (Phi) is 2.94. The van der Waals surface area contributed by atoms with Crippen molar-refractivity contribution < 1.29 is 0 Å². The van der Waals surface area contributed by atoms with Gasteiger partial charge in [0.15, 0.2) is 0 Å². The van der Waals surface area contributed by atoms with E-state index in [0.717, 1.165) is 16.7 Å². The molecule has 2 aromatic carbocycles. The molecule has 0 aliphatic carbocycles. The van der Waals surface area contributed by atoms with Crippen LogP contribution in [0.25, 0.3) is 11.1 Å². The molecule has 0 N–H and O–H groups in total. The van der Waals surface area contributed by atoms with Crippen molar-refractivity contribution >= 4 is 11.6 Å². The van der Waals surface area contributed by atoms with Crippen LogP contribution in [0.3, 0.4) is 0 Å². The highest BCUT2D eigenvalue weighted by atomic mass is 35.5. The second kappa shape index (κ2) is 4.38. The lowest BCUT2D eigenvalue weighted by molar-refractivity contribution is 1.39. The molecule has 0 radical (unpaired) electrons. The van der Waals surface area contributed by atoms with E-state index in [9.17, 15) is 5.26 Å². The van der Waals surface area contributed by atoms with Crippen LogP contribution in [0.2, 0.25) is 5.02 Å². The Morgan fingerprint density at radius 3 is 2.38 bits per heavy atom. The average Bonchev–Trinajstić information content (AvgIpc) is 2.33. The molecular weight excluding hydrogens is 218 g/mol. The van der Waals surface area contributed by atoms with Crippen LogP contribution >= 0.6 is 11.6 Å². The van der Waals surface area contributed by atoms with E-state index in [1.807, 2.05) is 49.4 Å². The molecule has 0 saturated heterocycles. The van der Waals surface area contributed by atoms with E-state index in [2.05, 4.69) is 6.07 Å². The SMILES string of the molecule is Cc1c(Cl)ccc(-c2ccccc2)c1C#N. The maximum atomic E-state index is 9.18. The van der Waals surface area contributed by atoms with Crippen LogP contribution in [-0.2, 0) is 0 Å². The third-order valence-electron chi connectivity index (χ3n) is 2.60. The number of rotatable bonds is 1. The number of halogens is 1. The normalized spacial score (nSPS) is 9.81. The molecule has 2 aromatic rings. The van der Waals surface area contributed by atoms with Gasteiger partial charge in [0.05, 0.1) is 5.56 Å². The molecule has 0 heterocycles. The first-order chi connectivity index (χ1) is 7.74. The Labute approximate surface area is 99.9 Å². The van der Waals surface area contributed by atoms with Crippen molar-refractivity contribution in [3.63, 3.8) is 0 Å². The predicted octanol–water partition coefficient (Wildman–Crippen LogP) is 4.19. The van der Waals surface area contributed by atoms with E-state index < -0.39 is 0 Å². The minimum Gasteiger partial charge on any atom is -0.192 e. The second-order valence-corrected chi connectivity index (χ2v) is 3.98.